The molecule has 0 N–H and O–H groups in total. The van der Waals surface area contributed by atoms with Gasteiger partial charge < -0.3 is 9.47 Å². The van der Waals surface area contributed by atoms with Crippen LogP contribution < -0.4 is 4.74 Å². The Balaban J connectivity index is 2.41. The lowest BCUT2D eigenvalue weighted by molar-refractivity contribution is 0.0885. The monoisotopic (exact) mass is 272 g/mol. The van der Waals surface area contributed by atoms with Crippen molar-refractivity contribution in [3.63, 3.8) is 0 Å². The van der Waals surface area contributed by atoms with E-state index in [0.29, 0.717) is 18.3 Å². The summed E-state index contributed by atoms with van der Waals surface area (Å²) < 4.78 is 10.7. The first-order valence-electron chi connectivity index (χ1n) is 4.68. The molecule has 0 radical (unpaired) electrons. The summed E-state index contributed by atoms with van der Waals surface area (Å²) in [4.78, 5) is 11.1. The van der Waals surface area contributed by atoms with Gasteiger partial charge in [0.1, 0.15) is 5.75 Å². The van der Waals surface area contributed by atoms with Gasteiger partial charge in [-0.2, -0.15) is 0 Å². The fourth-order valence-electron chi connectivity index (χ4n) is 0.863. The molecule has 0 aromatic heterocycles. The van der Waals surface area contributed by atoms with Gasteiger partial charge in [-0.3, -0.25) is 0 Å². The summed E-state index contributed by atoms with van der Waals surface area (Å²) >= 11 is 3.29. The van der Waals surface area contributed by atoms with Crippen molar-refractivity contribution in [2.75, 3.05) is 6.61 Å². The molecule has 15 heavy (non-hydrogen) atoms. The molecule has 0 saturated heterocycles. The molecule has 0 bridgehead atoms. The van der Waals surface area contributed by atoms with Gasteiger partial charge in [0, 0.05) is 4.47 Å². The summed E-state index contributed by atoms with van der Waals surface area (Å²) in [6.07, 6.45) is -0.661. The van der Waals surface area contributed by atoms with Crippen molar-refractivity contribution in [2.45, 2.75) is 13.8 Å². The Kier molecular flexibility index (Phi) is 4.62. The molecule has 0 fully saturated rings. The Morgan fingerprint density at radius 2 is 1.93 bits per heavy atom. The molecule has 0 atom stereocenters. The zero-order valence-corrected chi connectivity index (χ0v) is 10.3. The number of rotatable bonds is 3. The van der Waals surface area contributed by atoms with E-state index in [4.69, 9.17) is 9.47 Å². The fraction of sp³-hybridized carbons (Fsp3) is 0.364. The zero-order valence-electron chi connectivity index (χ0n) is 8.70. The van der Waals surface area contributed by atoms with Gasteiger partial charge >= 0.3 is 6.16 Å². The minimum atomic E-state index is -0.661. The van der Waals surface area contributed by atoms with Crippen molar-refractivity contribution in [1.29, 1.82) is 0 Å². The van der Waals surface area contributed by atoms with E-state index < -0.39 is 6.16 Å². The number of hydrogen-bond acceptors (Lipinski definition) is 3. The molecule has 1 aromatic rings. The van der Waals surface area contributed by atoms with E-state index in [-0.39, 0.29) is 0 Å². The van der Waals surface area contributed by atoms with Crippen molar-refractivity contribution in [3.05, 3.63) is 28.7 Å². The molecule has 0 aliphatic heterocycles. The third kappa shape index (κ3) is 4.83. The van der Waals surface area contributed by atoms with Gasteiger partial charge in [-0.05, 0) is 30.2 Å². The van der Waals surface area contributed by atoms with Gasteiger partial charge in [0.25, 0.3) is 0 Å². The lowest BCUT2D eigenvalue weighted by Gasteiger charge is -2.07. The molecule has 0 aliphatic carbocycles. The number of benzene rings is 1. The Labute approximate surface area is 97.5 Å². The van der Waals surface area contributed by atoms with E-state index in [1.165, 1.54) is 0 Å². The van der Waals surface area contributed by atoms with E-state index in [2.05, 4.69) is 15.9 Å². The second kappa shape index (κ2) is 5.75. The summed E-state index contributed by atoms with van der Waals surface area (Å²) in [6.45, 7) is 4.30. The number of carbonyl (C=O) groups is 1. The lowest BCUT2D eigenvalue weighted by atomic mass is 10.2. The van der Waals surface area contributed by atoms with Crippen LogP contribution in [-0.2, 0) is 4.74 Å². The van der Waals surface area contributed by atoms with Crippen LogP contribution in [0.15, 0.2) is 28.7 Å². The first-order valence-corrected chi connectivity index (χ1v) is 5.47. The van der Waals surface area contributed by atoms with Crippen LogP contribution >= 0.6 is 15.9 Å². The third-order valence-electron chi connectivity index (χ3n) is 1.55. The molecule has 4 heteroatoms. The normalized spacial score (nSPS) is 10.1. The van der Waals surface area contributed by atoms with E-state index in [1.807, 2.05) is 13.8 Å². The van der Waals surface area contributed by atoms with Crippen molar-refractivity contribution in [1.82, 2.24) is 0 Å². The molecule has 0 spiro atoms. The molecule has 0 amide bonds. The van der Waals surface area contributed by atoms with Crippen molar-refractivity contribution in [3.8, 4) is 5.75 Å². The second-order valence-electron chi connectivity index (χ2n) is 3.51. The average molecular weight is 273 g/mol. The molecular weight excluding hydrogens is 260 g/mol. The molecule has 1 rings (SSSR count). The lowest BCUT2D eigenvalue weighted by Crippen LogP contribution is -2.14. The molecule has 0 aliphatic rings. The highest BCUT2D eigenvalue weighted by Crippen LogP contribution is 2.16. The SMILES string of the molecule is CC(C)COC(=O)Oc1ccc(Br)cc1. The standard InChI is InChI=1S/C11H13BrO3/c1-8(2)7-14-11(13)15-10-5-3-9(12)4-6-10/h3-6,8H,7H2,1-2H3. The average Bonchev–Trinajstić information content (AvgIpc) is 2.19. The zero-order chi connectivity index (χ0) is 11.3. The van der Waals surface area contributed by atoms with Crippen molar-refractivity contribution in [2.24, 2.45) is 5.92 Å². The van der Waals surface area contributed by atoms with Crippen LogP contribution in [-0.4, -0.2) is 12.8 Å². The Bertz CT molecular complexity index is 319. The van der Waals surface area contributed by atoms with Crippen LogP contribution in [0.1, 0.15) is 13.8 Å². The van der Waals surface area contributed by atoms with Gasteiger partial charge in [-0.25, -0.2) is 4.79 Å². The quantitative estimate of drug-likeness (QED) is 0.623. The van der Waals surface area contributed by atoms with E-state index in [0.717, 1.165) is 4.47 Å². The van der Waals surface area contributed by atoms with Gasteiger partial charge in [-0.15, -0.1) is 0 Å². The van der Waals surface area contributed by atoms with Crippen LogP contribution in [0, 0.1) is 5.92 Å². The highest BCUT2D eigenvalue weighted by Gasteiger charge is 2.06. The Morgan fingerprint density at radius 1 is 1.33 bits per heavy atom. The van der Waals surface area contributed by atoms with Crippen LogP contribution in [0.2, 0.25) is 0 Å². The molecule has 3 nitrogen and oxygen atoms in total. The molecule has 0 unspecified atom stereocenters. The minimum absolute atomic E-state index is 0.308. The van der Waals surface area contributed by atoms with Crippen molar-refractivity contribution >= 4 is 22.1 Å². The van der Waals surface area contributed by atoms with Gasteiger partial charge in [0.05, 0.1) is 6.61 Å². The first kappa shape index (κ1) is 12.0. The van der Waals surface area contributed by atoms with Gasteiger partial charge in [0.15, 0.2) is 0 Å². The number of hydrogen-bond donors (Lipinski definition) is 0. The van der Waals surface area contributed by atoms with Gasteiger partial charge in [0.2, 0.25) is 0 Å². The summed E-state index contributed by atoms with van der Waals surface area (Å²) in [6, 6.07) is 6.98. The Hall–Kier alpha value is -1.03. The first-order chi connectivity index (χ1) is 7.08. The summed E-state index contributed by atoms with van der Waals surface area (Å²) in [7, 11) is 0. The number of carbonyl (C=O) groups excluding carboxylic acids is 1. The maximum absolute atomic E-state index is 11.1. The van der Waals surface area contributed by atoms with E-state index >= 15 is 0 Å². The van der Waals surface area contributed by atoms with Gasteiger partial charge in [-0.1, -0.05) is 29.8 Å². The maximum atomic E-state index is 11.1. The summed E-state index contributed by atoms with van der Waals surface area (Å²) in [5, 5.41) is 0. The van der Waals surface area contributed by atoms with Crippen LogP contribution in [0.5, 0.6) is 5.75 Å². The van der Waals surface area contributed by atoms with Crippen LogP contribution in [0.4, 0.5) is 4.79 Å². The predicted molar refractivity (Wildman–Crippen MR) is 61.0 cm³/mol. The highest BCUT2D eigenvalue weighted by molar-refractivity contribution is 9.10. The molecular formula is C11H13BrO3. The minimum Gasteiger partial charge on any atom is -0.434 e. The van der Waals surface area contributed by atoms with E-state index in [9.17, 15) is 4.79 Å². The predicted octanol–water partition coefficient (Wildman–Crippen LogP) is 3.62. The topological polar surface area (TPSA) is 35.5 Å². The number of halogens is 1. The smallest absolute Gasteiger partial charge is 0.434 e. The van der Waals surface area contributed by atoms with Crippen LogP contribution in [0.25, 0.3) is 0 Å². The summed E-state index contributed by atoms with van der Waals surface area (Å²) in [5.74, 6) is 0.787. The molecule has 1 aromatic carbocycles. The Morgan fingerprint density at radius 3 is 2.47 bits per heavy atom. The molecule has 0 heterocycles. The van der Waals surface area contributed by atoms with E-state index in [1.54, 1.807) is 24.3 Å². The summed E-state index contributed by atoms with van der Waals surface area (Å²) in [5.41, 5.74) is 0. The maximum Gasteiger partial charge on any atom is 0.513 e. The third-order valence-corrected chi connectivity index (χ3v) is 2.08. The molecule has 0 saturated carbocycles. The molecule has 82 valence electrons. The van der Waals surface area contributed by atoms with Crippen LogP contribution in [0.3, 0.4) is 0 Å². The number of ether oxygens (including phenoxy) is 2. The largest absolute Gasteiger partial charge is 0.513 e. The second-order valence-corrected chi connectivity index (χ2v) is 4.43. The highest BCUT2D eigenvalue weighted by atomic mass is 79.9. The fourth-order valence-corrected chi connectivity index (χ4v) is 1.13. The van der Waals surface area contributed by atoms with Crippen molar-refractivity contribution < 1.29 is 14.3 Å².